The van der Waals surface area contributed by atoms with Crippen molar-refractivity contribution in [1.29, 1.82) is 0 Å². The van der Waals surface area contributed by atoms with Crippen molar-refractivity contribution in [2.45, 2.75) is 6.04 Å². The average molecular weight is 362 g/mol. The number of nitrogens with zero attached hydrogens (tertiary/aromatic N) is 2. The Labute approximate surface area is 150 Å². The van der Waals surface area contributed by atoms with Crippen molar-refractivity contribution in [3.8, 4) is 0 Å². The monoisotopic (exact) mass is 361 g/mol. The highest BCUT2D eigenvalue weighted by Gasteiger charge is 2.20. The number of fused-ring (bicyclic) bond motifs is 1. The van der Waals surface area contributed by atoms with Crippen molar-refractivity contribution in [3.63, 3.8) is 0 Å². The summed E-state index contributed by atoms with van der Waals surface area (Å²) < 4.78 is 2.75. The number of carbonyl (C=O) groups excluding carboxylic acids is 1. The van der Waals surface area contributed by atoms with Gasteiger partial charge in [0.05, 0.1) is 15.3 Å². The van der Waals surface area contributed by atoms with Gasteiger partial charge in [0.25, 0.3) is 5.91 Å². The van der Waals surface area contributed by atoms with Crippen molar-refractivity contribution in [1.82, 2.24) is 14.8 Å². The number of thiophene rings is 1. The highest BCUT2D eigenvalue weighted by Crippen LogP contribution is 2.28. The van der Waals surface area contributed by atoms with Crippen molar-refractivity contribution >= 4 is 39.7 Å². The Kier molecular flexibility index (Phi) is 4.94. The lowest BCUT2D eigenvalue weighted by molar-refractivity contribution is 0.0946. The van der Waals surface area contributed by atoms with Crippen LogP contribution in [0.5, 0.6) is 0 Å². The molecule has 0 aliphatic heterocycles. The molecule has 0 fully saturated rings. The molecule has 1 atom stereocenters. The smallest absolute Gasteiger partial charge is 0.261 e. The van der Waals surface area contributed by atoms with Crippen LogP contribution in [-0.2, 0) is 7.05 Å². The van der Waals surface area contributed by atoms with Gasteiger partial charge >= 0.3 is 0 Å². The largest absolute Gasteiger partial charge is 0.350 e. The number of nitrogens with one attached hydrogen (secondary N) is 1. The van der Waals surface area contributed by atoms with Crippen LogP contribution in [0.25, 0.3) is 10.9 Å². The van der Waals surface area contributed by atoms with E-state index in [2.05, 4.69) is 33.1 Å². The number of rotatable bonds is 5. The molecule has 1 aromatic carbocycles. The summed E-state index contributed by atoms with van der Waals surface area (Å²) in [5, 5.41) is 4.24. The molecule has 2 aromatic heterocycles. The maximum atomic E-state index is 12.3. The van der Waals surface area contributed by atoms with Crippen LogP contribution < -0.4 is 5.32 Å². The second-order valence-corrected chi connectivity index (χ2v) is 7.72. The number of carbonyl (C=O) groups is 1. The Morgan fingerprint density at radius 3 is 2.71 bits per heavy atom. The number of halogens is 1. The van der Waals surface area contributed by atoms with Crippen LogP contribution in [0.4, 0.5) is 0 Å². The minimum atomic E-state index is -0.0843. The second kappa shape index (κ2) is 6.97. The van der Waals surface area contributed by atoms with Crippen molar-refractivity contribution in [2.75, 3.05) is 20.6 Å². The van der Waals surface area contributed by atoms with Crippen LogP contribution in [0.2, 0.25) is 4.34 Å². The first-order valence-electron chi connectivity index (χ1n) is 7.71. The molecule has 1 amide bonds. The predicted octanol–water partition coefficient (Wildman–Crippen LogP) is 3.93. The van der Waals surface area contributed by atoms with E-state index in [0.717, 1.165) is 0 Å². The van der Waals surface area contributed by atoms with E-state index in [9.17, 15) is 4.79 Å². The molecule has 0 bridgehead atoms. The second-order valence-electron chi connectivity index (χ2n) is 6.01. The molecule has 0 spiro atoms. The van der Waals surface area contributed by atoms with Gasteiger partial charge in [0.15, 0.2) is 0 Å². The van der Waals surface area contributed by atoms with Crippen LogP contribution >= 0.6 is 22.9 Å². The first-order valence-corrected chi connectivity index (χ1v) is 8.90. The molecular weight excluding hydrogens is 342 g/mol. The molecule has 0 aliphatic rings. The number of hydrogen-bond donors (Lipinski definition) is 1. The number of amides is 1. The molecule has 0 aliphatic carbocycles. The molecule has 1 unspecified atom stereocenters. The van der Waals surface area contributed by atoms with E-state index in [1.807, 2.05) is 33.3 Å². The minimum Gasteiger partial charge on any atom is -0.350 e. The number of aryl methyl sites for hydroxylation is 1. The molecule has 1 N–H and O–H groups in total. The number of likely N-dealkylation sites (N-methyl/N-ethyl adjacent to an activating group) is 1. The maximum absolute atomic E-state index is 12.3. The summed E-state index contributed by atoms with van der Waals surface area (Å²) in [5.41, 5.74) is 2.40. The van der Waals surface area contributed by atoms with E-state index in [1.54, 1.807) is 12.1 Å². The molecule has 6 heteroatoms. The summed E-state index contributed by atoms with van der Waals surface area (Å²) in [6, 6.07) is 11.9. The quantitative estimate of drug-likeness (QED) is 0.747. The lowest BCUT2D eigenvalue weighted by Gasteiger charge is -2.24. The molecule has 3 rings (SSSR count). The summed E-state index contributed by atoms with van der Waals surface area (Å²) in [5.74, 6) is -0.0843. The molecule has 0 saturated heterocycles. The zero-order chi connectivity index (χ0) is 17.3. The first-order chi connectivity index (χ1) is 11.5. The minimum absolute atomic E-state index is 0.0843. The summed E-state index contributed by atoms with van der Waals surface area (Å²) in [4.78, 5) is 15.1. The van der Waals surface area contributed by atoms with E-state index in [1.165, 1.54) is 27.8 Å². The maximum Gasteiger partial charge on any atom is 0.261 e. The van der Waals surface area contributed by atoms with Crippen LogP contribution in [0, 0.1) is 0 Å². The van der Waals surface area contributed by atoms with Crippen LogP contribution in [0.15, 0.2) is 42.6 Å². The predicted molar refractivity (Wildman–Crippen MR) is 101 cm³/mol. The van der Waals surface area contributed by atoms with Crippen LogP contribution in [-0.4, -0.2) is 36.0 Å². The standard InChI is InChI=1S/C18H20ClN3OS/c1-21(2)15(10-20-18(23)16-8-9-17(19)24-16)13-11-22(3)14-7-5-4-6-12(13)14/h4-9,11,15H,10H2,1-3H3,(H,20,23). The van der Waals surface area contributed by atoms with E-state index >= 15 is 0 Å². The first kappa shape index (κ1) is 17.0. The average Bonchev–Trinajstić information content (AvgIpc) is 3.12. The van der Waals surface area contributed by atoms with Gasteiger partial charge in [-0.15, -0.1) is 11.3 Å². The van der Waals surface area contributed by atoms with Gasteiger partial charge in [0.1, 0.15) is 0 Å². The van der Waals surface area contributed by atoms with Gasteiger partial charge in [0.2, 0.25) is 0 Å². The van der Waals surface area contributed by atoms with E-state index in [0.29, 0.717) is 15.8 Å². The summed E-state index contributed by atoms with van der Waals surface area (Å²) in [6.45, 7) is 0.537. The van der Waals surface area contributed by atoms with Gasteiger partial charge in [-0.3, -0.25) is 4.79 Å². The van der Waals surface area contributed by atoms with Gasteiger partial charge in [-0.25, -0.2) is 0 Å². The third kappa shape index (κ3) is 3.34. The highest BCUT2D eigenvalue weighted by molar-refractivity contribution is 7.17. The van der Waals surface area contributed by atoms with Gasteiger partial charge in [-0.1, -0.05) is 29.8 Å². The SMILES string of the molecule is CN(C)C(CNC(=O)c1ccc(Cl)s1)c1cn(C)c2ccccc12. The number of benzene rings is 1. The topological polar surface area (TPSA) is 37.3 Å². The van der Waals surface area contributed by atoms with E-state index < -0.39 is 0 Å². The summed E-state index contributed by atoms with van der Waals surface area (Å²) in [7, 11) is 6.10. The Morgan fingerprint density at radius 2 is 2.04 bits per heavy atom. The van der Waals surface area contributed by atoms with Gasteiger partial charge in [0, 0.05) is 30.7 Å². The molecule has 0 saturated carbocycles. The lowest BCUT2D eigenvalue weighted by Crippen LogP contribution is -2.34. The van der Waals surface area contributed by atoms with Crippen molar-refractivity contribution in [2.24, 2.45) is 7.05 Å². The Bertz CT molecular complexity index is 868. The van der Waals surface area contributed by atoms with Gasteiger partial charge in [-0.05, 0) is 37.9 Å². The fraction of sp³-hybridized carbons (Fsp3) is 0.278. The Balaban J connectivity index is 1.83. The van der Waals surface area contributed by atoms with Crippen LogP contribution in [0.1, 0.15) is 21.3 Å². The lowest BCUT2D eigenvalue weighted by atomic mass is 10.0. The molecule has 24 heavy (non-hydrogen) atoms. The summed E-state index contributed by atoms with van der Waals surface area (Å²) >= 11 is 7.20. The fourth-order valence-electron chi connectivity index (χ4n) is 2.92. The molecule has 3 aromatic rings. The van der Waals surface area contributed by atoms with E-state index in [4.69, 9.17) is 11.6 Å². The zero-order valence-electron chi connectivity index (χ0n) is 13.9. The van der Waals surface area contributed by atoms with Crippen LogP contribution in [0.3, 0.4) is 0 Å². The highest BCUT2D eigenvalue weighted by atomic mass is 35.5. The molecular formula is C18H20ClN3OS. The number of aromatic nitrogens is 1. The summed E-state index contributed by atoms with van der Waals surface area (Å²) in [6.07, 6.45) is 2.14. The zero-order valence-corrected chi connectivity index (χ0v) is 15.5. The Hall–Kier alpha value is -1.82. The normalized spacial score (nSPS) is 12.7. The fourth-order valence-corrected chi connectivity index (χ4v) is 3.88. The van der Waals surface area contributed by atoms with E-state index in [-0.39, 0.29) is 11.9 Å². The molecule has 126 valence electrons. The third-order valence-electron chi connectivity index (χ3n) is 4.16. The number of hydrogen-bond acceptors (Lipinski definition) is 3. The van der Waals surface area contributed by atoms with Gasteiger partial charge in [-0.2, -0.15) is 0 Å². The van der Waals surface area contributed by atoms with Crippen molar-refractivity contribution in [3.05, 3.63) is 57.4 Å². The van der Waals surface area contributed by atoms with Gasteiger partial charge < -0.3 is 14.8 Å². The third-order valence-corrected chi connectivity index (χ3v) is 5.39. The Morgan fingerprint density at radius 1 is 1.29 bits per heavy atom. The molecule has 4 nitrogen and oxygen atoms in total. The van der Waals surface area contributed by atoms with Crippen molar-refractivity contribution < 1.29 is 4.79 Å². The molecule has 0 radical (unpaired) electrons. The molecule has 2 heterocycles. The number of para-hydroxylation sites is 1.